The van der Waals surface area contributed by atoms with Gasteiger partial charge in [0.2, 0.25) is 0 Å². The Morgan fingerprint density at radius 1 is 0.939 bits per heavy atom. The highest BCUT2D eigenvalue weighted by atomic mass is 32.1. The molecule has 1 aromatic heterocycles. The Morgan fingerprint density at radius 2 is 1.58 bits per heavy atom. The second-order valence-electron chi connectivity index (χ2n) is 6.97. The first-order valence-corrected chi connectivity index (χ1v) is 10.5. The minimum atomic E-state index is -0.886. The average molecular weight is 466 g/mol. The molecule has 6 nitrogen and oxygen atoms in total. The van der Waals surface area contributed by atoms with E-state index >= 15 is 0 Å². The number of carbonyl (C=O) groups is 3. The van der Waals surface area contributed by atoms with E-state index in [0.29, 0.717) is 17.2 Å². The molecule has 0 N–H and O–H groups in total. The van der Waals surface area contributed by atoms with E-state index in [9.17, 15) is 23.2 Å². The van der Waals surface area contributed by atoms with Gasteiger partial charge in [-0.2, -0.15) is 4.99 Å². The summed E-state index contributed by atoms with van der Waals surface area (Å²) >= 11 is 0.867. The summed E-state index contributed by atoms with van der Waals surface area (Å²) in [6.07, 6.45) is 0. The summed E-state index contributed by atoms with van der Waals surface area (Å²) in [6, 6.07) is 16.4. The van der Waals surface area contributed by atoms with Crippen LogP contribution < -0.4 is 4.80 Å². The van der Waals surface area contributed by atoms with E-state index in [1.165, 1.54) is 35.9 Å². The van der Waals surface area contributed by atoms with E-state index in [2.05, 4.69) is 9.73 Å². The summed E-state index contributed by atoms with van der Waals surface area (Å²) in [4.78, 5) is 41.2. The maximum absolute atomic E-state index is 14.4. The molecule has 0 fully saturated rings. The minimum absolute atomic E-state index is 0.00865. The number of benzene rings is 3. The first kappa shape index (κ1) is 22.2. The number of halogens is 2. The molecule has 0 aliphatic rings. The average Bonchev–Trinajstić information content (AvgIpc) is 3.15. The molecule has 0 aliphatic carbocycles. The summed E-state index contributed by atoms with van der Waals surface area (Å²) in [5.41, 5.74) is 1.05. The Hall–Kier alpha value is -3.98. The van der Waals surface area contributed by atoms with Crippen LogP contribution >= 0.6 is 11.3 Å². The van der Waals surface area contributed by atoms with Crippen LogP contribution in [-0.4, -0.2) is 29.3 Å². The molecule has 0 saturated heterocycles. The summed E-state index contributed by atoms with van der Waals surface area (Å²) < 4.78 is 34.1. The van der Waals surface area contributed by atoms with E-state index in [0.717, 1.165) is 17.4 Å². The Balaban J connectivity index is 1.71. The van der Waals surface area contributed by atoms with Crippen molar-refractivity contribution in [1.29, 1.82) is 0 Å². The van der Waals surface area contributed by atoms with Crippen molar-refractivity contribution in [3.05, 3.63) is 99.9 Å². The third-order valence-electron chi connectivity index (χ3n) is 4.84. The monoisotopic (exact) mass is 466 g/mol. The summed E-state index contributed by atoms with van der Waals surface area (Å²) in [6.45, 7) is -0.407. The highest BCUT2D eigenvalue weighted by molar-refractivity contribution is 7.16. The number of hydrogen-bond acceptors (Lipinski definition) is 5. The van der Waals surface area contributed by atoms with Crippen molar-refractivity contribution in [2.75, 3.05) is 7.11 Å². The van der Waals surface area contributed by atoms with Crippen LogP contribution in [0.1, 0.15) is 26.3 Å². The van der Waals surface area contributed by atoms with Crippen molar-refractivity contribution in [3.63, 3.8) is 0 Å². The first-order chi connectivity index (χ1) is 15.9. The van der Waals surface area contributed by atoms with Crippen molar-refractivity contribution in [2.24, 2.45) is 4.99 Å². The molecular weight excluding hydrogens is 450 g/mol. The van der Waals surface area contributed by atoms with Gasteiger partial charge in [-0.15, -0.1) is 0 Å². The minimum Gasteiger partial charge on any atom is -0.468 e. The first-order valence-electron chi connectivity index (χ1n) is 9.71. The van der Waals surface area contributed by atoms with Crippen LogP contribution in [0.25, 0.3) is 10.2 Å². The molecule has 0 saturated carbocycles. The van der Waals surface area contributed by atoms with E-state index in [1.54, 1.807) is 30.3 Å². The highest BCUT2D eigenvalue weighted by Gasteiger charge is 2.17. The van der Waals surface area contributed by atoms with Gasteiger partial charge < -0.3 is 9.30 Å². The number of aromatic nitrogens is 1. The van der Waals surface area contributed by atoms with E-state index in [1.807, 2.05) is 0 Å². The lowest BCUT2D eigenvalue weighted by Crippen LogP contribution is -2.23. The van der Waals surface area contributed by atoms with Crippen molar-refractivity contribution in [1.82, 2.24) is 4.57 Å². The molecule has 0 unspecified atom stereocenters. The third kappa shape index (κ3) is 4.63. The molecule has 9 heteroatoms. The number of esters is 1. The zero-order valence-electron chi connectivity index (χ0n) is 17.2. The Labute approximate surface area is 190 Å². The van der Waals surface area contributed by atoms with Crippen LogP contribution in [0, 0.1) is 11.6 Å². The third-order valence-corrected chi connectivity index (χ3v) is 5.86. The van der Waals surface area contributed by atoms with E-state index in [-0.39, 0.29) is 26.4 Å². The zero-order valence-corrected chi connectivity index (χ0v) is 18.1. The van der Waals surface area contributed by atoms with Gasteiger partial charge >= 0.3 is 5.97 Å². The van der Waals surface area contributed by atoms with Crippen LogP contribution in [0.15, 0.2) is 71.7 Å². The summed E-state index contributed by atoms with van der Waals surface area (Å²) in [5, 5.41) is 0. The number of rotatable bonds is 5. The zero-order chi connectivity index (χ0) is 23.5. The van der Waals surface area contributed by atoms with E-state index in [4.69, 9.17) is 0 Å². The van der Waals surface area contributed by atoms with Crippen molar-refractivity contribution >= 4 is 39.2 Å². The fraction of sp³-hybridized carbons (Fsp3) is 0.0833. The van der Waals surface area contributed by atoms with Gasteiger partial charge in [0.1, 0.15) is 12.4 Å². The molecule has 33 heavy (non-hydrogen) atoms. The number of amides is 1. The van der Waals surface area contributed by atoms with Gasteiger partial charge in [-0.05, 0) is 18.2 Å². The molecule has 0 atom stereocenters. The normalized spacial score (nSPS) is 11.5. The molecule has 0 aliphatic heterocycles. The Morgan fingerprint density at radius 3 is 2.24 bits per heavy atom. The maximum atomic E-state index is 14.4. The van der Waals surface area contributed by atoms with Gasteiger partial charge in [0.25, 0.3) is 5.91 Å². The molecule has 1 amide bonds. The van der Waals surface area contributed by atoms with Gasteiger partial charge in [-0.25, -0.2) is 8.78 Å². The molecule has 4 aromatic rings. The molecular formula is C24H16F2N2O4S. The summed E-state index contributed by atoms with van der Waals surface area (Å²) in [5.74, 6) is -3.22. The second-order valence-corrected chi connectivity index (χ2v) is 7.98. The maximum Gasteiger partial charge on any atom is 0.325 e. The van der Waals surface area contributed by atoms with Crippen LogP contribution in [0.5, 0.6) is 0 Å². The van der Waals surface area contributed by atoms with Crippen LogP contribution in [0.3, 0.4) is 0 Å². The van der Waals surface area contributed by atoms with Gasteiger partial charge in [-0.3, -0.25) is 14.4 Å². The topological polar surface area (TPSA) is 77.7 Å². The SMILES string of the molecule is COC(=O)Cn1c(=NC(=O)c2ccc(C(=O)c3ccccc3)cc2)sc2cc(F)cc(F)c21. The lowest BCUT2D eigenvalue weighted by Gasteiger charge is -2.05. The summed E-state index contributed by atoms with van der Waals surface area (Å²) in [7, 11) is 1.17. The molecule has 3 aromatic carbocycles. The number of hydrogen-bond donors (Lipinski definition) is 0. The molecule has 0 radical (unpaired) electrons. The lowest BCUT2D eigenvalue weighted by atomic mass is 10.0. The molecule has 4 rings (SSSR count). The number of methoxy groups -OCH3 is 1. The standard InChI is InChI=1S/C24H16F2N2O4S/c1-32-20(29)13-28-21-18(26)11-17(25)12-19(21)33-24(28)27-23(31)16-9-7-15(8-10-16)22(30)14-5-3-2-4-6-14/h2-12H,13H2,1H3. The van der Waals surface area contributed by atoms with Gasteiger partial charge in [0.15, 0.2) is 16.4 Å². The number of fused-ring (bicyclic) bond motifs is 1. The van der Waals surface area contributed by atoms with E-state index < -0.39 is 30.1 Å². The Kier molecular flexibility index (Phi) is 6.23. The number of ether oxygens (including phenoxy) is 1. The predicted molar refractivity (Wildman–Crippen MR) is 118 cm³/mol. The molecule has 166 valence electrons. The van der Waals surface area contributed by atoms with Crippen molar-refractivity contribution < 1.29 is 27.9 Å². The van der Waals surface area contributed by atoms with Crippen LogP contribution in [0.4, 0.5) is 8.78 Å². The molecule has 0 bridgehead atoms. The fourth-order valence-electron chi connectivity index (χ4n) is 3.23. The van der Waals surface area contributed by atoms with Crippen molar-refractivity contribution in [2.45, 2.75) is 6.54 Å². The molecule has 0 spiro atoms. The number of thiazole rings is 1. The number of nitrogens with zero attached hydrogens (tertiary/aromatic N) is 2. The van der Waals surface area contributed by atoms with Crippen LogP contribution in [-0.2, 0) is 16.1 Å². The Bertz CT molecular complexity index is 1440. The number of ketones is 1. The van der Waals surface area contributed by atoms with Crippen molar-refractivity contribution in [3.8, 4) is 0 Å². The lowest BCUT2D eigenvalue weighted by molar-refractivity contribution is -0.141. The molecule has 1 heterocycles. The van der Waals surface area contributed by atoms with Gasteiger partial charge in [0.05, 0.1) is 17.3 Å². The quantitative estimate of drug-likeness (QED) is 0.327. The predicted octanol–water partition coefficient (Wildman–Crippen LogP) is 4.13. The number of carbonyl (C=O) groups excluding carboxylic acids is 3. The smallest absolute Gasteiger partial charge is 0.325 e. The fourth-order valence-corrected chi connectivity index (χ4v) is 4.29. The van der Waals surface area contributed by atoms with Gasteiger partial charge in [0, 0.05) is 22.8 Å². The largest absolute Gasteiger partial charge is 0.468 e. The van der Waals surface area contributed by atoms with Gasteiger partial charge in [-0.1, -0.05) is 53.8 Å². The van der Waals surface area contributed by atoms with Crippen LogP contribution in [0.2, 0.25) is 0 Å². The second kappa shape index (κ2) is 9.25. The highest BCUT2D eigenvalue weighted by Crippen LogP contribution is 2.22.